The van der Waals surface area contributed by atoms with Gasteiger partial charge < -0.3 is 15.5 Å². The molecule has 0 saturated carbocycles. The number of nitrogens with zero attached hydrogens (tertiary/aromatic N) is 2. The number of rotatable bonds is 5. The van der Waals surface area contributed by atoms with Crippen LogP contribution in [0.2, 0.25) is 0 Å². The van der Waals surface area contributed by atoms with Gasteiger partial charge in [0.2, 0.25) is 0 Å². The van der Waals surface area contributed by atoms with Crippen LogP contribution in [0.5, 0.6) is 0 Å². The Morgan fingerprint density at radius 3 is 3.06 bits per heavy atom. The summed E-state index contributed by atoms with van der Waals surface area (Å²) in [4.78, 5) is 0. The number of nitrogens with one attached hydrogen (secondary N) is 1. The molecule has 92 valence electrons. The molecule has 1 unspecified atom stereocenters. The predicted octanol–water partition coefficient (Wildman–Crippen LogP) is 0.167. The summed E-state index contributed by atoms with van der Waals surface area (Å²) in [6.07, 6.45) is 3.69. The Hall–Kier alpha value is -1.43. The lowest BCUT2D eigenvalue weighted by atomic mass is 10.1. The first-order valence-corrected chi connectivity index (χ1v) is 5.57. The minimum absolute atomic E-state index is 0.255. The lowest BCUT2D eigenvalue weighted by molar-refractivity contribution is 0.00255. The number of aliphatic hydroxyl groups is 2. The van der Waals surface area contributed by atoms with E-state index in [9.17, 15) is 5.11 Å². The van der Waals surface area contributed by atoms with E-state index in [0.29, 0.717) is 13.1 Å². The topological polar surface area (TPSA) is 69.8 Å². The van der Waals surface area contributed by atoms with Crippen LogP contribution in [0.4, 0.5) is 0 Å². The fraction of sp³-hybridized carbons (Fsp3) is 0.417. The zero-order valence-electron chi connectivity index (χ0n) is 9.80. The van der Waals surface area contributed by atoms with Gasteiger partial charge in [-0.25, -0.2) is 4.52 Å². The van der Waals surface area contributed by atoms with Gasteiger partial charge in [-0.3, -0.25) is 0 Å². The normalized spacial score (nSPS) is 15.0. The van der Waals surface area contributed by atoms with Gasteiger partial charge in [0.05, 0.1) is 23.9 Å². The van der Waals surface area contributed by atoms with Crippen molar-refractivity contribution in [1.29, 1.82) is 0 Å². The molecule has 17 heavy (non-hydrogen) atoms. The molecule has 0 fully saturated rings. The average molecular weight is 235 g/mol. The summed E-state index contributed by atoms with van der Waals surface area (Å²) >= 11 is 0. The summed E-state index contributed by atoms with van der Waals surface area (Å²) in [5.41, 5.74) is 1.03. The third-order valence-corrected chi connectivity index (χ3v) is 2.67. The van der Waals surface area contributed by atoms with Gasteiger partial charge >= 0.3 is 0 Å². The molecule has 3 N–H and O–H groups in total. The van der Waals surface area contributed by atoms with Crippen LogP contribution in [-0.4, -0.2) is 38.6 Å². The van der Waals surface area contributed by atoms with E-state index >= 15 is 0 Å². The molecule has 0 bridgehead atoms. The minimum Gasteiger partial charge on any atom is -0.393 e. The highest BCUT2D eigenvalue weighted by atomic mass is 16.3. The molecule has 2 aromatic heterocycles. The second-order valence-electron chi connectivity index (χ2n) is 4.46. The Labute approximate surface area is 99.7 Å². The Morgan fingerprint density at radius 2 is 2.29 bits per heavy atom. The van der Waals surface area contributed by atoms with Crippen molar-refractivity contribution in [3.05, 3.63) is 36.2 Å². The first-order valence-electron chi connectivity index (χ1n) is 5.57. The molecule has 0 aliphatic carbocycles. The van der Waals surface area contributed by atoms with Gasteiger partial charge in [-0.05, 0) is 19.1 Å². The molecule has 0 amide bonds. The molecule has 2 aromatic rings. The predicted molar refractivity (Wildman–Crippen MR) is 64.6 cm³/mol. The highest BCUT2D eigenvalue weighted by Crippen LogP contribution is 2.09. The van der Waals surface area contributed by atoms with Gasteiger partial charge in [0.1, 0.15) is 0 Å². The number of hydrogen-bond donors (Lipinski definition) is 3. The lowest BCUT2D eigenvalue weighted by Gasteiger charge is -2.20. The van der Waals surface area contributed by atoms with Gasteiger partial charge in [-0.2, -0.15) is 5.10 Å². The van der Waals surface area contributed by atoms with Crippen LogP contribution in [-0.2, 0) is 6.54 Å². The van der Waals surface area contributed by atoms with Crippen LogP contribution < -0.4 is 5.32 Å². The molecule has 5 heteroatoms. The molecule has 0 saturated heterocycles. The van der Waals surface area contributed by atoms with E-state index in [1.807, 2.05) is 24.4 Å². The van der Waals surface area contributed by atoms with Gasteiger partial charge in [0.15, 0.2) is 0 Å². The van der Waals surface area contributed by atoms with Crippen molar-refractivity contribution in [2.45, 2.75) is 19.1 Å². The highest BCUT2D eigenvalue weighted by Gasteiger charge is 2.18. The molecule has 2 rings (SSSR count). The third kappa shape index (κ3) is 2.82. The molecule has 0 aliphatic rings. The maximum absolute atomic E-state index is 9.63. The second-order valence-corrected chi connectivity index (χ2v) is 4.46. The molecule has 1 atom stereocenters. The first kappa shape index (κ1) is 12.0. The number of aliphatic hydroxyl groups excluding tert-OH is 1. The lowest BCUT2D eigenvalue weighted by Crippen LogP contribution is -2.40. The fourth-order valence-electron chi connectivity index (χ4n) is 1.65. The minimum atomic E-state index is -1.08. The van der Waals surface area contributed by atoms with Gasteiger partial charge in [-0.15, -0.1) is 0 Å². The maximum atomic E-state index is 9.63. The van der Waals surface area contributed by atoms with Crippen molar-refractivity contribution in [3.8, 4) is 0 Å². The molecule has 5 nitrogen and oxygen atoms in total. The number of fused-ring (bicyclic) bond motifs is 1. The molecular weight excluding hydrogens is 218 g/mol. The Morgan fingerprint density at radius 1 is 1.47 bits per heavy atom. The zero-order chi connectivity index (χ0) is 12.3. The van der Waals surface area contributed by atoms with Crippen molar-refractivity contribution >= 4 is 5.52 Å². The van der Waals surface area contributed by atoms with E-state index in [0.717, 1.165) is 11.1 Å². The van der Waals surface area contributed by atoms with Crippen LogP contribution in [0.3, 0.4) is 0 Å². The Bertz CT molecular complexity index is 493. The molecular formula is C12H17N3O2. The fourth-order valence-corrected chi connectivity index (χ4v) is 1.65. The second kappa shape index (κ2) is 4.83. The standard InChI is InChI=1S/C12H17N3O2/c1-12(17,9-16)8-13-6-10-7-14-15-5-3-2-4-11(10)15/h2-5,7,13,16-17H,6,8-9H2,1H3. The molecule has 0 radical (unpaired) electrons. The van der Waals surface area contributed by atoms with E-state index in [1.54, 1.807) is 17.6 Å². The smallest absolute Gasteiger partial charge is 0.0972 e. The van der Waals surface area contributed by atoms with Crippen molar-refractivity contribution in [3.63, 3.8) is 0 Å². The summed E-state index contributed by atoms with van der Waals surface area (Å²) in [6, 6.07) is 5.88. The van der Waals surface area contributed by atoms with E-state index in [2.05, 4.69) is 10.4 Å². The van der Waals surface area contributed by atoms with Crippen LogP contribution in [0.25, 0.3) is 5.52 Å². The third-order valence-electron chi connectivity index (χ3n) is 2.67. The number of aromatic nitrogens is 2. The van der Waals surface area contributed by atoms with E-state index in [1.165, 1.54) is 0 Å². The van der Waals surface area contributed by atoms with Gasteiger partial charge in [0.25, 0.3) is 0 Å². The van der Waals surface area contributed by atoms with Gasteiger partial charge in [0, 0.05) is 24.8 Å². The highest BCUT2D eigenvalue weighted by molar-refractivity contribution is 5.53. The van der Waals surface area contributed by atoms with Crippen LogP contribution >= 0.6 is 0 Å². The molecule has 0 aromatic carbocycles. The monoisotopic (exact) mass is 235 g/mol. The summed E-state index contributed by atoms with van der Waals surface area (Å²) in [6.45, 7) is 2.29. The Kier molecular flexibility index (Phi) is 3.42. The largest absolute Gasteiger partial charge is 0.393 e. The van der Waals surface area contributed by atoms with Gasteiger partial charge in [-0.1, -0.05) is 6.07 Å². The Balaban J connectivity index is 2.00. The molecule has 0 spiro atoms. The quantitative estimate of drug-likeness (QED) is 0.691. The first-order chi connectivity index (χ1) is 8.12. The van der Waals surface area contributed by atoms with Crippen molar-refractivity contribution in [1.82, 2.24) is 14.9 Å². The molecule has 0 aliphatic heterocycles. The zero-order valence-corrected chi connectivity index (χ0v) is 9.80. The van der Waals surface area contributed by atoms with Crippen LogP contribution in [0, 0.1) is 0 Å². The number of hydrogen-bond acceptors (Lipinski definition) is 4. The maximum Gasteiger partial charge on any atom is 0.0972 e. The summed E-state index contributed by atoms with van der Waals surface area (Å²) < 4.78 is 1.81. The SMILES string of the molecule is CC(O)(CO)CNCc1cnn2ccccc12. The van der Waals surface area contributed by atoms with Crippen molar-refractivity contribution in [2.24, 2.45) is 0 Å². The van der Waals surface area contributed by atoms with Crippen LogP contribution in [0.15, 0.2) is 30.6 Å². The average Bonchev–Trinajstić information content (AvgIpc) is 2.73. The number of pyridine rings is 1. The van der Waals surface area contributed by atoms with Crippen molar-refractivity contribution in [2.75, 3.05) is 13.2 Å². The van der Waals surface area contributed by atoms with E-state index in [-0.39, 0.29) is 6.61 Å². The summed E-state index contributed by atoms with van der Waals surface area (Å²) in [5.74, 6) is 0. The van der Waals surface area contributed by atoms with Crippen molar-refractivity contribution < 1.29 is 10.2 Å². The summed E-state index contributed by atoms with van der Waals surface area (Å²) in [7, 11) is 0. The van der Waals surface area contributed by atoms with Crippen LogP contribution in [0.1, 0.15) is 12.5 Å². The van der Waals surface area contributed by atoms with E-state index in [4.69, 9.17) is 5.11 Å². The summed E-state index contributed by atoms with van der Waals surface area (Å²) in [5, 5.41) is 25.9. The molecule has 2 heterocycles. The van der Waals surface area contributed by atoms with E-state index < -0.39 is 5.60 Å².